The average Bonchev–Trinajstić information content (AvgIpc) is 2.48. The molecule has 0 spiro atoms. The summed E-state index contributed by atoms with van der Waals surface area (Å²) in [5.41, 5.74) is 0. The number of halogens is 3. The standard InChI is InChI=1S/C15H12Cl2FNO4S2/c16-10-1-3-11(4-2-10)24(20,21)13-8-19(9-13)25(22,23)12-5-6-15(18)14(17)7-12/h1-7,13H,8-9H2. The number of nitrogens with zero attached hydrogens (tertiary/aromatic N) is 1. The lowest BCUT2D eigenvalue weighted by Crippen LogP contribution is -2.56. The van der Waals surface area contributed by atoms with Crippen molar-refractivity contribution in [3.63, 3.8) is 0 Å². The van der Waals surface area contributed by atoms with Crippen LogP contribution in [0, 0.1) is 5.82 Å². The van der Waals surface area contributed by atoms with E-state index in [9.17, 15) is 21.2 Å². The zero-order valence-corrected chi connectivity index (χ0v) is 15.7. The molecule has 2 aromatic carbocycles. The molecule has 10 heteroatoms. The molecule has 3 rings (SSSR count). The van der Waals surface area contributed by atoms with Crippen LogP contribution >= 0.6 is 23.2 Å². The van der Waals surface area contributed by atoms with Gasteiger partial charge in [-0.2, -0.15) is 4.31 Å². The number of hydrogen-bond donors (Lipinski definition) is 0. The van der Waals surface area contributed by atoms with Crippen molar-refractivity contribution < 1.29 is 21.2 Å². The van der Waals surface area contributed by atoms with E-state index in [2.05, 4.69) is 0 Å². The van der Waals surface area contributed by atoms with Gasteiger partial charge in [-0.25, -0.2) is 21.2 Å². The third kappa shape index (κ3) is 3.41. The number of benzene rings is 2. The summed E-state index contributed by atoms with van der Waals surface area (Å²) in [4.78, 5) is -0.0926. The van der Waals surface area contributed by atoms with Gasteiger partial charge in [0.15, 0.2) is 9.84 Å². The summed E-state index contributed by atoms with van der Waals surface area (Å²) in [6.07, 6.45) is 0. The second kappa shape index (κ2) is 6.51. The Kier molecular flexibility index (Phi) is 4.85. The van der Waals surface area contributed by atoms with Crippen molar-refractivity contribution in [1.29, 1.82) is 0 Å². The summed E-state index contributed by atoms with van der Waals surface area (Å²) < 4.78 is 64.1. The second-order valence-electron chi connectivity index (χ2n) is 5.52. The third-order valence-corrected chi connectivity index (χ3v) is 8.40. The Morgan fingerprint density at radius 3 is 2.04 bits per heavy atom. The molecular formula is C15H12Cl2FNO4S2. The predicted molar refractivity (Wildman–Crippen MR) is 92.6 cm³/mol. The maximum atomic E-state index is 13.2. The Morgan fingerprint density at radius 1 is 0.920 bits per heavy atom. The van der Waals surface area contributed by atoms with Gasteiger partial charge < -0.3 is 0 Å². The maximum Gasteiger partial charge on any atom is 0.243 e. The molecule has 0 aromatic heterocycles. The van der Waals surface area contributed by atoms with E-state index in [-0.39, 0.29) is 27.9 Å². The molecule has 2 aromatic rings. The lowest BCUT2D eigenvalue weighted by molar-refractivity contribution is 0.309. The second-order valence-corrected chi connectivity index (χ2v) is 10.5. The molecule has 0 radical (unpaired) electrons. The lowest BCUT2D eigenvalue weighted by atomic mass is 10.3. The molecule has 0 aliphatic carbocycles. The minimum Gasteiger partial charge on any atom is -0.223 e. The molecule has 0 bridgehead atoms. The van der Waals surface area contributed by atoms with Crippen LogP contribution in [0.3, 0.4) is 0 Å². The van der Waals surface area contributed by atoms with Crippen molar-refractivity contribution in [1.82, 2.24) is 4.31 Å². The van der Waals surface area contributed by atoms with E-state index in [0.29, 0.717) is 5.02 Å². The number of sulfone groups is 1. The first-order valence-corrected chi connectivity index (χ1v) is 10.8. The lowest BCUT2D eigenvalue weighted by Gasteiger charge is -2.37. The highest BCUT2D eigenvalue weighted by atomic mass is 35.5. The van der Waals surface area contributed by atoms with Gasteiger partial charge in [0, 0.05) is 18.1 Å². The molecule has 0 saturated carbocycles. The summed E-state index contributed by atoms with van der Waals surface area (Å²) >= 11 is 11.4. The number of sulfonamides is 1. The van der Waals surface area contributed by atoms with E-state index in [4.69, 9.17) is 23.2 Å². The summed E-state index contributed by atoms with van der Waals surface area (Å²) in [7, 11) is -7.59. The van der Waals surface area contributed by atoms with Crippen molar-refractivity contribution in [2.24, 2.45) is 0 Å². The predicted octanol–water partition coefficient (Wildman–Crippen LogP) is 2.98. The Hall–Kier alpha value is -1.19. The fraction of sp³-hybridized carbons (Fsp3) is 0.200. The zero-order chi connectivity index (χ0) is 18.4. The van der Waals surface area contributed by atoms with Crippen molar-refractivity contribution >= 4 is 43.1 Å². The summed E-state index contributed by atoms with van der Waals surface area (Å²) in [5.74, 6) is -0.729. The number of rotatable bonds is 4. The SMILES string of the molecule is O=S(=O)(c1ccc(Cl)cc1)C1CN(S(=O)(=O)c2ccc(F)c(Cl)c2)C1. The van der Waals surface area contributed by atoms with Gasteiger partial charge in [0.05, 0.1) is 20.1 Å². The first kappa shape index (κ1) is 18.6. The molecule has 1 fully saturated rings. The molecular weight excluding hydrogens is 412 g/mol. The van der Waals surface area contributed by atoms with Crippen LogP contribution in [0.25, 0.3) is 0 Å². The van der Waals surface area contributed by atoms with E-state index in [1.54, 1.807) is 0 Å². The van der Waals surface area contributed by atoms with E-state index in [1.807, 2.05) is 0 Å². The van der Waals surface area contributed by atoms with Crippen LogP contribution in [0.2, 0.25) is 10.0 Å². The summed E-state index contributed by atoms with van der Waals surface area (Å²) in [6.45, 7) is -0.357. The van der Waals surface area contributed by atoms with Crippen molar-refractivity contribution in [3.05, 3.63) is 58.3 Å². The average molecular weight is 424 g/mol. The van der Waals surface area contributed by atoms with Crippen LogP contribution in [0.1, 0.15) is 0 Å². The summed E-state index contributed by atoms with van der Waals surface area (Å²) in [5, 5.41) is -0.753. The maximum absolute atomic E-state index is 13.2. The minimum atomic E-state index is -3.93. The third-order valence-electron chi connectivity index (χ3n) is 3.92. The van der Waals surface area contributed by atoms with Crippen molar-refractivity contribution in [3.8, 4) is 0 Å². The van der Waals surface area contributed by atoms with Gasteiger partial charge >= 0.3 is 0 Å². The molecule has 0 N–H and O–H groups in total. The molecule has 134 valence electrons. The normalized spacial score (nSPS) is 16.6. The van der Waals surface area contributed by atoms with Gasteiger partial charge in [-0.05, 0) is 42.5 Å². The Bertz CT molecular complexity index is 1020. The smallest absolute Gasteiger partial charge is 0.223 e. The molecule has 1 aliphatic heterocycles. The fourth-order valence-electron chi connectivity index (χ4n) is 2.40. The molecule has 25 heavy (non-hydrogen) atoms. The Labute approximate surface area is 154 Å². The van der Waals surface area contributed by atoms with E-state index < -0.39 is 30.9 Å². The monoisotopic (exact) mass is 423 g/mol. The molecule has 5 nitrogen and oxygen atoms in total. The molecule has 1 saturated heterocycles. The minimum absolute atomic E-state index is 0.0868. The molecule has 1 aliphatic rings. The molecule has 0 atom stereocenters. The van der Waals surface area contributed by atoms with Crippen molar-refractivity contribution in [2.45, 2.75) is 15.0 Å². The van der Waals surface area contributed by atoms with E-state index in [0.717, 1.165) is 22.5 Å². The van der Waals surface area contributed by atoms with Crippen LogP contribution in [0.5, 0.6) is 0 Å². The summed E-state index contributed by atoms with van der Waals surface area (Å²) in [6, 6.07) is 8.75. The van der Waals surface area contributed by atoms with Gasteiger partial charge in [-0.15, -0.1) is 0 Å². The topological polar surface area (TPSA) is 71.5 Å². The highest BCUT2D eigenvalue weighted by Gasteiger charge is 2.44. The first-order valence-electron chi connectivity index (χ1n) is 7.07. The quantitative estimate of drug-likeness (QED) is 0.757. The van der Waals surface area contributed by atoms with Crippen LogP contribution in [0.15, 0.2) is 52.3 Å². The van der Waals surface area contributed by atoms with Crippen LogP contribution in [0.4, 0.5) is 4.39 Å². The Morgan fingerprint density at radius 2 is 1.48 bits per heavy atom. The fourth-order valence-corrected chi connectivity index (χ4v) is 6.17. The highest BCUT2D eigenvalue weighted by molar-refractivity contribution is 7.92. The molecule has 1 heterocycles. The zero-order valence-electron chi connectivity index (χ0n) is 12.6. The Balaban J connectivity index is 1.79. The number of hydrogen-bond acceptors (Lipinski definition) is 4. The van der Waals surface area contributed by atoms with E-state index >= 15 is 0 Å². The molecule has 0 unspecified atom stereocenters. The van der Waals surface area contributed by atoms with Gasteiger partial charge in [0.25, 0.3) is 0 Å². The van der Waals surface area contributed by atoms with Crippen LogP contribution in [-0.4, -0.2) is 39.5 Å². The van der Waals surface area contributed by atoms with Gasteiger partial charge in [0.1, 0.15) is 5.82 Å². The van der Waals surface area contributed by atoms with Gasteiger partial charge in [-0.3, -0.25) is 0 Å². The largest absolute Gasteiger partial charge is 0.243 e. The van der Waals surface area contributed by atoms with Gasteiger partial charge in [0.2, 0.25) is 10.0 Å². The first-order chi connectivity index (χ1) is 11.6. The van der Waals surface area contributed by atoms with Crippen LogP contribution in [-0.2, 0) is 19.9 Å². The van der Waals surface area contributed by atoms with E-state index in [1.165, 1.54) is 24.3 Å². The van der Waals surface area contributed by atoms with Gasteiger partial charge in [-0.1, -0.05) is 23.2 Å². The highest BCUT2D eigenvalue weighted by Crippen LogP contribution is 2.30. The van der Waals surface area contributed by atoms with Crippen molar-refractivity contribution in [2.75, 3.05) is 13.1 Å². The van der Waals surface area contributed by atoms with Crippen LogP contribution < -0.4 is 0 Å². The molecule has 0 amide bonds.